The van der Waals surface area contributed by atoms with E-state index in [1.807, 2.05) is 0 Å². The molecule has 0 aliphatic heterocycles. The summed E-state index contributed by atoms with van der Waals surface area (Å²) in [6.45, 7) is 13.5. The summed E-state index contributed by atoms with van der Waals surface area (Å²) in [5, 5.41) is 8.39. The van der Waals surface area contributed by atoms with Gasteiger partial charge in [-0.3, -0.25) is 14.4 Å². The molecule has 6 aromatic carbocycles. The molecule has 0 unspecified atom stereocenters. The van der Waals surface area contributed by atoms with E-state index in [-0.39, 0.29) is 20.1 Å². The van der Waals surface area contributed by atoms with Gasteiger partial charge in [0.2, 0.25) is 0 Å². The zero-order valence-electron chi connectivity index (χ0n) is 24.3. The van der Waals surface area contributed by atoms with Crippen LogP contribution >= 0.6 is 15.8 Å². The van der Waals surface area contributed by atoms with Gasteiger partial charge in [0, 0.05) is 20.1 Å². The number of rotatable bonds is 6. The molecule has 6 aromatic rings. The maximum Gasteiger partial charge on any atom is 0.281 e. The van der Waals surface area contributed by atoms with Gasteiger partial charge in [-0.15, -0.1) is 0 Å². The van der Waals surface area contributed by atoms with Gasteiger partial charge in [-0.25, -0.2) is 0 Å². The van der Waals surface area contributed by atoms with Crippen molar-refractivity contribution in [3.8, 4) is 0 Å². The van der Waals surface area contributed by atoms with E-state index in [9.17, 15) is 0 Å². The number of hydrogen-bond donors (Lipinski definition) is 0. The van der Waals surface area contributed by atoms with Crippen LogP contribution in [0.5, 0.6) is 0 Å². The predicted molar refractivity (Wildman–Crippen MR) is 187 cm³/mol. The van der Waals surface area contributed by atoms with E-state index in [2.05, 4.69) is 202 Å². The molecule has 0 aliphatic rings. The Kier molecular flexibility index (Phi) is 20.9. The van der Waals surface area contributed by atoms with Crippen LogP contribution in [-0.4, -0.2) is 20.4 Å². The molecule has 45 heavy (non-hydrogen) atoms. The van der Waals surface area contributed by atoms with Crippen molar-refractivity contribution in [2.24, 2.45) is 0 Å². The topological polar surface area (TPSA) is 51.2 Å². The zero-order chi connectivity index (χ0) is 31.8. The summed E-state index contributed by atoms with van der Waals surface area (Å²) in [5.41, 5.74) is 0. The molecule has 0 aliphatic carbocycles. The Morgan fingerprint density at radius 1 is 0.244 bits per heavy atom. The minimum absolute atomic E-state index is 0. The van der Waals surface area contributed by atoms with Gasteiger partial charge in [0.15, 0.2) is 0 Å². The third kappa shape index (κ3) is 12.4. The van der Waals surface area contributed by atoms with Crippen LogP contribution in [0.3, 0.4) is 0 Å². The Morgan fingerprint density at radius 2 is 0.356 bits per heavy atom. The number of benzene rings is 6. The molecule has 0 N–H and O–H groups in total. The third-order valence-electron chi connectivity index (χ3n) is 6.09. The summed E-state index contributed by atoms with van der Waals surface area (Å²) in [6.07, 6.45) is 0. The van der Waals surface area contributed by atoms with Crippen molar-refractivity contribution < 1.29 is 34.5 Å². The van der Waals surface area contributed by atoms with Crippen LogP contribution < -0.4 is 31.8 Å². The molecule has 7 radical (unpaired) electrons. The van der Waals surface area contributed by atoms with Crippen molar-refractivity contribution in [3.05, 3.63) is 182 Å². The van der Waals surface area contributed by atoms with Crippen LogP contribution in [0.2, 0.25) is 0 Å². The van der Waals surface area contributed by atoms with Gasteiger partial charge < -0.3 is 0 Å². The predicted octanol–water partition coefficient (Wildman–Crippen LogP) is 5.70. The SMILES string of the molecule is [C]=O.[C]=O.[C]=O.[Ir].c1ccc(P(c2ccccc2)c2ccccc2)cc1.c1ccc(P(c2ccccc2)c2ccccc2)cc1. The summed E-state index contributed by atoms with van der Waals surface area (Å²) >= 11 is 0. The Bertz CT molecular complexity index is 1230. The van der Waals surface area contributed by atoms with E-state index >= 15 is 0 Å². The summed E-state index contributed by atoms with van der Waals surface area (Å²) < 4.78 is 0. The zero-order valence-corrected chi connectivity index (χ0v) is 28.5. The Morgan fingerprint density at radius 3 is 0.467 bits per heavy atom. The summed E-state index contributed by atoms with van der Waals surface area (Å²) in [5.74, 6) is 0. The molecule has 0 saturated heterocycles. The second kappa shape index (κ2) is 24.2. The van der Waals surface area contributed by atoms with Crippen molar-refractivity contribution in [2.45, 2.75) is 0 Å². The number of hydrogen-bond acceptors (Lipinski definition) is 3. The van der Waals surface area contributed by atoms with Crippen molar-refractivity contribution >= 4 is 68.0 Å². The van der Waals surface area contributed by atoms with Crippen LogP contribution in [0.25, 0.3) is 0 Å². The Hall–Kier alpha value is -4.16. The Labute approximate surface area is 283 Å². The second-order valence-corrected chi connectivity index (χ2v) is 13.1. The summed E-state index contributed by atoms with van der Waals surface area (Å²) in [7, 11) is -0.892. The first kappa shape index (κ1) is 38.9. The maximum atomic E-state index is 7.50. The molecule has 0 atom stereocenters. The molecule has 0 bridgehead atoms. The van der Waals surface area contributed by atoms with Crippen molar-refractivity contribution in [3.63, 3.8) is 0 Å². The van der Waals surface area contributed by atoms with E-state index < -0.39 is 15.8 Å². The van der Waals surface area contributed by atoms with E-state index in [1.54, 1.807) is 0 Å². The van der Waals surface area contributed by atoms with Gasteiger partial charge in [-0.05, 0) is 47.7 Å². The van der Waals surface area contributed by atoms with Gasteiger partial charge in [-0.2, -0.15) is 0 Å². The monoisotopic (exact) mass is 801 g/mol. The largest absolute Gasteiger partial charge is 0.281 e. The first-order valence-electron chi connectivity index (χ1n) is 13.4. The van der Waals surface area contributed by atoms with Crippen LogP contribution in [0, 0.1) is 0 Å². The standard InChI is InChI=1S/2C18H15P.3CO.Ir/c2*1-4-10-16(11-5-1)19(17-12-6-2-7-13-17)18-14-8-3-9-15-18;3*1-2;/h2*1-15H;;;;. The second-order valence-electron chi connectivity index (χ2n) is 8.68. The molecule has 0 amide bonds. The molecule has 0 spiro atoms. The minimum atomic E-state index is -0.446. The fourth-order valence-electron chi connectivity index (χ4n) is 4.36. The molecule has 0 aromatic heterocycles. The quantitative estimate of drug-likeness (QED) is 0.204. The molecule has 0 heterocycles. The van der Waals surface area contributed by atoms with Crippen LogP contribution in [0.4, 0.5) is 0 Å². The van der Waals surface area contributed by atoms with Crippen LogP contribution in [0.1, 0.15) is 0 Å². The third-order valence-corrected chi connectivity index (χ3v) is 11.0. The summed E-state index contributed by atoms with van der Waals surface area (Å²) in [6, 6.07) is 64.7. The first-order chi connectivity index (χ1) is 21.9. The molecular formula is C39H30IrO3P2. The van der Waals surface area contributed by atoms with E-state index in [4.69, 9.17) is 14.4 Å². The van der Waals surface area contributed by atoms with E-state index in [0.29, 0.717) is 0 Å². The normalized spacial score (nSPS) is 9.20. The molecule has 0 fully saturated rings. The average molecular weight is 801 g/mol. The van der Waals surface area contributed by atoms with Gasteiger partial charge >= 0.3 is 0 Å². The molecule has 6 heteroatoms. The molecular weight excluding hydrogens is 771 g/mol. The molecule has 3 nitrogen and oxygen atoms in total. The van der Waals surface area contributed by atoms with Gasteiger partial charge in [-0.1, -0.05) is 182 Å². The Balaban J connectivity index is 0.000000379. The smallest absolute Gasteiger partial charge is 0.281 e. The summed E-state index contributed by atoms with van der Waals surface area (Å²) in [4.78, 5) is 22.5. The fraction of sp³-hybridized carbons (Fsp3) is 0. The maximum absolute atomic E-state index is 7.50. The average Bonchev–Trinajstić information content (AvgIpc) is 3.14. The van der Waals surface area contributed by atoms with Crippen molar-refractivity contribution in [1.29, 1.82) is 0 Å². The minimum Gasteiger partial charge on any atom is -0.281 e. The molecule has 223 valence electrons. The first-order valence-corrected chi connectivity index (χ1v) is 16.1. The van der Waals surface area contributed by atoms with Crippen molar-refractivity contribution in [1.82, 2.24) is 0 Å². The molecule has 0 saturated carbocycles. The van der Waals surface area contributed by atoms with Crippen LogP contribution in [0.15, 0.2) is 182 Å². The molecule has 6 rings (SSSR count). The van der Waals surface area contributed by atoms with Crippen LogP contribution in [-0.2, 0) is 34.5 Å². The van der Waals surface area contributed by atoms with Crippen molar-refractivity contribution in [2.75, 3.05) is 0 Å². The van der Waals surface area contributed by atoms with E-state index in [0.717, 1.165) is 0 Å². The van der Waals surface area contributed by atoms with E-state index in [1.165, 1.54) is 31.8 Å². The van der Waals surface area contributed by atoms with Gasteiger partial charge in [0.25, 0.3) is 20.4 Å². The van der Waals surface area contributed by atoms with Gasteiger partial charge in [0.05, 0.1) is 0 Å². The van der Waals surface area contributed by atoms with Gasteiger partial charge in [0.1, 0.15) is 0 Å². The number of carbonyl (C=O) groups excluding carboxylic acids is 3. The fourth-order valence-corrected chi connectivity index (χ4v) is 8.97.